The third-order valence-corrected chi connectivity index (χ3v) is 11.5. The van der Waals surface area contributed by atoms with Crippen molar-refractivity contribution in [1.29, 1.82) is 0 Å². The van der Waals surface area contributed by atoms with E-state index >= 15 is 0 Å². The van der Waals surface area contributed by atoms with Crippen LogP contribution in [-0.4, -0.2) is 77.9 Å². The second-order valence-corrected chi connectivity index (χ2v) is 15.8. The van der Waals surface area contributed by atoms with Crippen molar-refractivity contribution < 1.29 is 33.0 Å². The van der Waals surface area contributed by atoms with Gasteiger partial charge >= 0.3 is 12.2 Å². The Morgan fingerprint density at radius 2 is 1.81 bits per heavy atom. The summed E-state index contributed by atoms with van der Waals surface area (Å²) >= 11 is 1.37. The number of hydrogen-bond donors (Lipinski definition) is 2. The number of alkyl halides is 1. The predicted octanol–water partition coefficient (Wildman–Crippen LogP) is 6.66. The molecular formula is C35H48FN5O6S. The molecule has 1 aromatic heterocycles. The zero-order valence-corrected chi connectivity index (χ0v) is 29.0. The highest BCUT2D eigenvalue weighted by atomic mass is 32.1. The molecule has 2 saturated carbocycles. The summed E-state index contributed by atoms with van der Waals surface area (Å²) in [5.74, 6) is 0.00363. The molecule has 0 radical (unpaired) electrons. The van der Waals surface area contributed by atoms with E-state index in [1.165, 1.54) is 22.7 Å². The minimum atomic E-state index is -0.695. The standard InChI is InChI=1S/C35H48FN5O6S/c1-35(2,3)47-33(44)39-27(20-36)22-9-11-23(12-10-22)31(43)40-16-15-25(21-7-5-4-6-8-21)29(40)30(42)37-24-13-14-26-28(19-24)48-32(38-26)41-17-18-46-34(41)45/h13-14,19,21-23,25,27,29H,4-12,15-18,20H2,1-3H3,(H,37,42)(H,39,44)/t22-,23-,25-,27+,29-/m0/s1. The fraction of sp³-hybridized carbons (Fsp3) is 0.686. The number of alkyl carbamates (subject to hydrolysis) is 1. The Morgan fingerprint density at radius 3 is 2.48 bits per heavy atom. The number of aromatic nitrogens is 1. The molecule has 2 aromatic rings. The van der Waals surface area contributed by atoms with E-state index in [4.69, 9.17) is 9.47 Å². The number of carbonyl (C=O) groups is 4. The molecule has 0 spiro atoms. The quantitative estimate of drug-likeness (QED) is 0.318. The van der Waals surface area contributed by atoms with Crippen molar-refractivity contribution in [1.82, 2.24) is 15.2 Å². The number of carbonyl (C=O) groups excluding carboxylic acids is 4. The van der Waals surface area contributed by atoms with Crippen molar-refractivity contribution in [3.05, 3.63) is 18.2 Å². The molecule has 48 heavy (non-hydrogen) atoms. The summed E-state index contributed by atoms with van der Waals surface area (Å²) < 4.78 is 25.3. The van der Waals surface area contributed by atoms with Gasteiger partial charge in [-0.25, -0.2) is 23.9 Å². The smallest absolute Gasteiger partial charge is 0.416 e. The van der Waals surface area contributed by atoms with E-state index in [1.54, 1.807) is 20.8 Å². The number of ether oxygens (including phenoxy) is 2. The summed E-state index contributed by atoms with van der Waals surface area (Å²) in [5.41, 5.74) is 0.687. The Hall–Kier alpha value is -3.48. The van der Waals surface area contributed by atoms with Gasteiger partial charge in [-0.3, -0.25) is 9.59 Å². The average Bonchev–Trinajstić information content (AvgIpc) is 3.81. The molecular weight excluding hydrogens is 637 g/mol. The van der Waals surface area contributed by atoms with Crippen LogP contribution in [0.5, 0.6) is 0 Å². The molecule has 2 aliphatic carbocycles. The number of amides is 4. The highest BCUT2D eigenvalue weighted by Gasteiger charge is 2.47. The minimum absolute atomic E-state index is 0.00357. The van der Waals surface area contributed by atoms with E-state index in [-0.39, 0.29) is 29.6 Å². The molecule has 11 nitrogen and oxygen atoms in total. The first kappa shape index (κ1) is 34.4. The lowest BCUT2D eigenvalue weighted by molar-refractivity contribution is -0.142. The van der Waals surface area contributed by atoms with Crippen molar-refractivity contribution in [2.75, 3.05) is 36.6 Å². The number of hydrogen-bond acceptors (Lipinski definition) is 8. The monoisotopic (exact) mass is 685 g/mol. The first-order valence-electron chi connectivity index (χ1n) is 17.5. The third kappa shape index (κ3) is 7.71. The number of rotatable bonds is 8. The molecule has 6 rings (SSSR count). The summed E-state index contributed by atoms with van der Waals surface area (Å²) in [7, 11) is 0. The van der Waals surface area contributed by atoms with E-state index in [0.717, 1.165) is 42.3 Å². The molecule has 2 aliphatic heterocycles. The molecule has 1 aromatic carbocycles. The van der Waals surface area contributed by atoms with Crippen molar-refractivity contribution >= 4 is 56.4 Å². The average molecular weight is 686 g/mol. The van der Waals surface area contributed by atoms with Crippen LogP contribution in [0.25, 0.3) is 10.2 Å². The highest BCUT2D eigenvalue weighted by Crippen LogP contribution is 2.42. The van der Waals surface area contributed by atoms with Gasteiger partial charge in [0.2, 0.25) is 11.8 Å². The first-order valence-corrected chi connectivity index (χ1v) is 18.3. The molecule has 4 aliphatic rings. The number of benzene rings is 1. The summed E-state index contributed by atoms with van der Waals surface area (Å²) in [6.45, 7) is 5.95. The Bertz CT molecular complexity index is 1500. The lowest BCUT2D eigenvalue weighted by Gasteiger charge is -2.37. The van der Waals surface area contributed by atoms with Gasteiger partial charge < -0.3 is 25.0 Å². The van der Waals surface area contributed by atoms with Gasteiger partial charge in [0.1, 0.15) is 24.9 Å². The van der Waals surface area contributed by atoms with Gasteiger partial charge in [0.15, 0.2) is 5.13 Å². The van der Waals surface area contributed by atoms with Crippen LogP contribution in [0.15, 0.2) is 18.2 Å². The predicted molar refractivity (Wildman–Crippen MR) is 182 cm³/mol. The molecule has 4 amide bonds. The molecule has 2 saturated heterocycles. The topological polar surface area (TPSA) is 130 Å². The fourth-order valence-corrected chi connectivity index (χ4v) is 9.11. The normalized spacial score (nSPS) is 26.0. The van der Waals surface area contributed by atoms with Gasteiger partial charge in [0, 0.05) is 18.2 Å². The van der Waals surface area contributed by atoms with Crippen LogP contribution in [-0.2, 0) is 19.1 Å². The number of thiazole rings is 1. The number of fused-ring (bicyclic) bond motifs is 1. The Morgan fingerprint density at radius 1 is 1.06 bits per heavy atom. The van der Waals surface area contributed by atoms with Crippen LogP contribution in [0.4, 0.5) is 24.8 Å². The van der Waals surface area contributed by atoms with Crippen molar-refractivity contribution in [2.24, 2.45) is 23.7 Å². The molecule has 262 valence electrons. The van der Waals surface area contributed by atoms with Gasteiger partial charge in [-0.2, -0.15) is 0 Å². The lowest BCUT2D eigenvalue weighted by Crippen LogP contribution is -2.50. The summed E-state index contributed by atoms with van der Waals surface area (Å²) in [6, 6.07) is 4.31. The molecule has 13 heteroatoms. The van der Waals surface area contributed by atoms with E-state index in [1.807, 2.05) is 23.1 Å². The number of halogens is 1. The lowest BCUT2D eigenvalue weighted by atomic mass is 9.76. The number of likely N-dealkylation sites (tertiary alicyclic amines) is 1. The zero-order valence-electron chi connectivity index (χ0n) is 28.2. The number of nitrogens with one attached hydrogen (secondary N) is 2. The molecule has 0 unspecified atom stereocenters. The van der Waals surface area contributed by atoms with Crippen LogP contribution in [0.1, 0.15) is 85.0 Å². The van der Waals surface area contributed by atoms with E-state index < -0.39 is 36.5 Å². The maximum atomic E-state index is 14.2. The van der Waals surface area contributed by atoms with Gasteiger partial charge in [-0.15, -0.1) is 0 Å². The second-order valence-electron chi connectivity index (χ2n) is 14.8. The number of nitrogens with zero attached hydrogens (tertiary/aromatic N) is 3. The zero-order chi connectivity index (χ0) is 34.0. The molecule has 4 fully saturated rings. The largest absolute Gasteiger partial charge is 0.447 e. The minimum Gasteiger partial charge on any atom is -0.447 e. The second kappa shape index (κ2) is 14.6. The number of anilines is 2. The van der Waals surface area contributed by atoms with Crippen LogP contribution in [0, 0.1) is 23.7 Å². The van der Waals surface area contributed by atoms with Gasteiger partial charge in [-0.1, -0.05) is 43.4 Å². The van der Waals surface area contributed by atoms with Crippen LogP contribution in [0.3, 0.4) is 0 Å². The van der Waals surface area contributed by atoms with Crippen LogP contribution >= 0.6 is 11.3 Å². The van der Waals surface area contributed by atoms with Gasteiger partial charge in [0.25, 0.3) is 0 Å². The summed E-state index contributed by atoms with van der Waals surface area (Å²) in [5, 5.41) is 6.39. The fourth-order valence-electron chi connectivity index (χ4n) is 8.09. The molecule has 3 atom stereocenters. The Labute approximate surface area is 285 Å². The Balaban J connectivity index is 1.13. The van der Waals surface area contributed by atoms with Crippen LogP contribution in [0.2, 0.25) is 0 Å². The Kier molecular flexibility index (Phi) is 10.4. The van der Waals surface area contributed by atoms with Gasteiger partial charge in [0.05, 0.1) is 22.8 Å². The van der Waals surface area contributed by atoms with E-state index in [9.17, 15) is 23.6 Å². The summed E-state index contributed by atoms with van der Waals surface area (Å²) in [6.07, 6.45) is 7.82. The summed E-state index contributed by atoms with van der Waals surface area (Å²) in [4.78, 5) is 60.6. The molecule has 0 bridgehead atoms. The SMILES string of the molecule is CC(C)(C)OC(=O)N[C@H](CF)[C@H]1CC[C@H](C(=O)N2CC[C@@H](C3CCCCC3)[C@H]2C(=O)Nc2ccc3nc(N4CCOC4=O)sc3c2)CC1. The number of cyclic esters (lactones) is 1. The maximum absolute atomic E-state index is 14.2. The third-order valence-electron chi connectivity index (χ3n) is 10.4. The van der Waals surface area contributed by atoms with Gasteiger partial charge in [-0.05, 0) is 88.8 Å². The van der Waals surface area contributed by atoms with Crippen molar-refractivity contribution in [2.45, 2.75) is 103 Å². The molecule has 2 N–H and O–H groups in total. The highest BCUT2D eigenvalue weighted by molar-refractivity contribution is 7.22. The first-order chi connectivity index (χ1) is 23.0. The van der Waals surface area contributed by atoms with Crippen molar-refractivity contribution in [3.8, 4) is 0 Å². The van der Waals surface area contributed by atoms with Crippen molar-refractivity contribution in [3.63, 3.8) is 0 Å². The van der Waals surface area contributed by atoms with E-state index in [0.29, 0.717) is 62.1 Å². The van der Waals surface area contributed by atoms with Crippen LogP contribution < -0.4 is 15.5 Å². The van der Waals surface area contributed by atoms with E-state index in [2.05, 4.69) is 15.6 Å². The maximum Gasteiger partial charge on any atom is 0.416 e. The molecule has 3 heterocycles.